The maximum Gasteiger partial charge on any atom is 0.156 e. The van der Waals surface area contributed by atoms with Crippen LogP contribution in [0.2, 0.25) is 0 Å². The van der Waals surface area contributed by atoms with Crippen LogP contribution in [0.4, 0.5) is 0 Å². The Bertz CT molecular complexity index is 172. The van der Waals surface area contributed by atoms with Gasteiger partial charge in [0, 0.05) is 18.8 Å². The zero-order valence-electron chi connectivity index (χ0n) is 5.63. The van der Waals surface area contributed by atoms with Crippen LogP contribution in [0.1, 0.15) is 6.42 Å². The number of nitriles is 1. The van der Waals surface area contributed by atoms with Crippen LogP contribution in [-0.2, 0) is 0 Å². The Kier molecular flexibility index (Phi) is 2.57. The SMILES string of the molecule is N#CCCN1CCSC1=N. The number of nitrogens with one attached hydrogen (secondary N) is 1. The van der Waals surface area contributed by atoms with Gasteiger partial charge in [0.05, 0.1) is 12.5 Å². The van der Waals surface area contributed by atoms with Crippen molar-refractivity contribution in [2.75, 3.05) is 18.8 Å². The van der Waals surface area contributed by atoms with Crippen molar-refractivity contribution in [3.05, 3.63) is 0 Å². The highest BCUT2D eigenvalue weighted by Gasteiger charge is 2.15. The molecule has 0 atom stereocenters. The van der Waals surface area contributed by atoms with E-state index in [4.69, 9.17) is 10.7 Å². The van der Waals surface area contributed by atoms with Crippen molar-refractivity contribution in [2.24, 2.45) is 0 Å². The molecular formula is C6H9N3S. The first kappa shape index (κ1) is 7.42. The lowest BCUT2D eigenvalue weighted by Gasteiger charge is -2.13. The summed E-state index contributed by atoms with van der Waals surface area (Å²) in [6.45, 7) is 1.66. The van der Waals surface area contributed by atoms with Crippen molar-refractivity contribution in [3.8, 4) is 6.07 Å². The van der Waals surface area contributed by atoms with Crippen molar-refractivity contribution in [1.29, 1.82) is 10.7 Å². The second-order valence-corrected chi connectivity index (χ2v) is 3.13. The van der Waals surface area contributed by atoms with Gasteiger partial charge in [-0.25, -0.2) is 0 Å². The minimum atomic E-state index is 0.531. The van der Waals surface area contributed by atoms with Gasteiger partial charge in [0.2, 0.25) is 0 Å². The molecule has 1 saturated heterocycles. The summed E-state index contributed by atoms with van der Waals surface area (Å²) in [5.74, 6) is 1.00. The lowest BCUT2D eigenvalue weighted by molar-refractivity contribution is 0.470. The van der Waals surface area contributed by atoms with E-state index in [0.29, 0.717) is 11.6 Å². The molecule has 0 amide bonds. The van der Waals surface area contributed by atoms with E-state index in [1.54, 1.807) is 11.8 Å². The molecule has 1 aliphatic heterocycles. The van der Waals surface area contributed by atoms with E-state index in [-0.39, 0.29) is 0 Å². The number of amidine groups is 1. The number of hydrogen-bond donors (Lipinski definition) is 1. The van der Waals surface area contributed by atoms with Gasteiger partial charge in [-0.05, 0) is 0 Å². The molecule has 1 N–H and O–H groups in total. The Balaban J connectivity index is 2.28. The van der Waals surface area contributed by atoms with Crippen LogP contribution in [0.3, 0.4) is 0 Å². The van der Waals surface area contributed by atoms with E-state index >= 15 is 0 Å². The van der Waals surface area contributed by atoms with Crippen LogP contribution >= 0.6 is 11.8 Å². The molecule has 0 radical (unpaired) electrons. The highest BCUT2D eigenvalue weighted by atomic mass is 32.2. The Labute approximate surface area is 64.5 Å². The molecule has 0 unspecified atom stereocenters. The van der Waals surface area contributed by atoms with Crippen molar-refractivity contribution in [2.45, 2.75) is 6.42 Å². The van der Waals surface area contributed by atoms with Gasteiger partial charge in [0.1, 0.15) is 0 Å². The van der Waals surface area contributed by atoms with Crippen LogP contribution in [0, 0.1) is 16.7 Å². The Morgan fingerprint density at radius 2 is 2.60 bits per heavy atom. The third-order valence-electron chi connectivity index (χ3n) is 1.38. The van der Waals surface area contributed by atoms with Gasteiger partial charge in [-0.15, -0.1) is 0 Å². The van der Waals surface area contributed by atoms with Crippen molar-refractivity contribution < 1.29 is 0 Å². The predicted octanol–water partition coefficient (Wildman–Crippen LogP) is 0.884. The largest absolute Gasteiger partial charge is 0.350 e. The number of nitrogens with zero attached hydrogens (tertiary/aromatic N) is 2. The molecule has 0 spiro atoms. The standard InChI is InChI=1S/C6H9N3S/c7-2-1-3-9-4-5-10-6(9)8/h8H,1,3-5H2. The monoisotopic (exact) mass is 155 g/mol. The summed E-state index contributed by atoms with van der Waals surface area (Å²) in [6, 6.07) is 2.07. The van der Waals surface area contributed by atoms with Crippen LogP contribution in [-0.4, -0.2) is 28.9 Å². The highest BCUT2D eigenvalue weighted by molar-refractivity contribution is 8.14. The fraction of sp³-hybridized carbons (Fsp3) is 0.667. The van der Waals surface area contributed by atoms with E-state index in [9.17, 15) is 0 Å². The normalized spacial score (nSPS) is 17.5. The Morgan fingerprint density at radius 1 is 1.80 bits per heavy atom. The van der Waals surface area contributed by atoms with E-state index < -0.39 is 0 Å². The fourth-order valence-corrected chi connectivity index (χ4v) is 1.71. The third kappa shape index (κ3) is 1.64. The minimum Gasteiger partial charge on any atom is -0.350 e. The first-order chi connectivity index (χ1) is 4.84. The smallest absolute Gasteiger partial charge is 0.156 e. The van der Waals surface area contributed by atoms with Gasteiger partial charge >= 0.3 is 0 Å². The average molecular weight is 155 g/mol. The third-order valence-corrected chi connectivity index (χ3v) is 2.30. The van der Waals surface area contributed by atoms with Gasteiger partial charge in [-0.1, -0.05) is 11.8 Å². The predicted molar refractivity (Wildman–Crippen MR) is 42.0 cm³/mol. The summed E-state index contributed by atoms with van der Waals surface area (Å²) in [7, 11) is 0. The summed E-state index contributed by atoms with van der Waals surface area (Å²) in [6.07, 6.45) is 0.531. The summed E-state index contributed by atoms with van der Waals surface area (Å²) in [5.41, 5.74) is 0. The molecule has 4 heteroatoms. The number of rotatable bonds is 2. The summed E-state index contributed by atoms with van der Waals surface area (Å²) in [5, 5.41) is 16.2. The van der Waals surface area contributed by atoms with E-state index in [0.717, 1.165) is 18.8 Å². The van der Waals surface area contributed by atoms with Crippen LogP contribution in [0.15, 0.2) is 0 Å². The maximum absolute atomic E-state index is 8.26. The summed E-state index contributed by atoms with van der Waals surface area (Å²) < 4.78 is 0. The van der Waals surface area contributed by atoms with Gasteiger partial charge < -0.3 is 4.90 Å². The average Bonchev–Trinajstić information content (AvgIpc) is 2.31. The molecule has 3 nitrogen and oxygen atoms in total. The van der Waals surface area contributed by atoms with E-state index in [2.05, 4.69) is 6.07 Å². The first-order valence-corrected chi connectivity index (χ1v) is 4.16. The molecule has 0 aliphatic carbocycles. The van der Waals surface area contributed by atoms with Crippen LogP contribution < -0.4 is 0 Å². The molecule has 0 saturated carbocycles. The minimum absolute atomic E-state index is 0.531. The van der Waals surface area contributed by atoms with Crippen molar-refractivity contribution >= 4 is 16.9 Å². The fourth-order valence-electron chi connectivity index (χ4n) is 0.844. The molecule has 10 heavy (non-hydrogen) atoms. The van der Waals surface area contributed by atoms with Gasteiger partial charge in [0.25, 0.3) is 0 Å². The van der Waals surface area contributed by atoms with E-state index in [1.807, 2.05) is 4.90 Å². The lowest BCUT2D eigenvalue weighted by Crippen LogP contribution is -2.24. The second kappa shape index (κ2) is 3.47. The molecule has 1 fully saturated rings. The Hall–Kier alpha value is -0.690. The summed E-state index contributed by atoms with van der Waals surface area (Å²) in [4.78, 5) is 1.94. The quantitative estimate of drug-likeness (QED) is 0.644. The molecule has 1 rings (SSSR count). The first-order valence-electron chi connectivity index (χ1n) is 3.18. The molecule has 0 bridgehead atoms. The van der Waals surface area contributed by atoms with Gasteiger partial charge in [-0.3, -0.25) is 5.41 Å². The highest BCUT2D eigenvalue weighted by Crippen LogP contribution is 2.15. The van der Waals surface area contributed by atoms with Gasteiger partial charge in [-0.2, -0.15) is 5.26 Å². The molecule has 0 aromatic carbocycles. The molecule has 1 aliphatic rings. The second-order valence-electron chi connectivity index (χ2n) is 2.05. The number of thioether (sulfide) groups is 1. The molecule has 0 aromatic rings. The maximum atomic E-state index is 8.26. The molecular weight excluding hydrogens is 146 g/mol. The summed E-state index contributed by atoms with van der Waals surface area (Å²) >= 11 is 1.56. The molecule has 1 heterocycles. The number of hydrogen-bond acceptors (Lipinski definition) is 3. The van der Waals surface area contributed by atoms with Crippen molar-refractivity contribution in [1.82, 2.24) is 4.90 Å². The van der Waals surface area contributed by atoms with E-state index in [1.165, 1.54) is 0 Å². The topological polar surface area (TPSA) is 50.9 Å². The zero-order chi connectivity index (χ0) is 7.40. The van der Waals surface area contributed by atoms with Crippen LogP contribution in [0.5, 0.6) is 0 Å². The van der Waals surface area contributed by atoms with Crippen molar-refractivity contribution in [3.63, 3.8) is 0 Å². The zero-order valence-corrected chi connectivity index (χ0v) is 6.45. The molecule has 54 valence electrons. The molecule has 0 aromatic heterocycles. The van der Waals surface area contributed by atoms with Crippen LogP contribution in [0.25, 0.3) is 0 Å². The van der Waals surface area contributed by atoms with Gasteiger partial charge in [0.15, 0.2) is 5.17 Å². The Morgan fingerprint density at radius 3 is 3.10 bits per heavy atom. The lowest BCUT2D eigenvalue weighted by atomic mass is 10.4.